The molecular formula is C19H19BrN2O4. The second kappa shape index (κ2) is 7.78. The third kappa shape index (κ3) is 4.16. The van der Waals surface area contributed by atoms with Crippen molar-refractivity contribution in [1.82, 2.24) is 0 Å². The van der Waals surface area contributed by atoms with Crippen molar-refractivity contribution in [2.75, 3.05) is 23.4 Å². The molecule has 1 aliphatic rings. The van der Waals surface area contributed by atoms with Gasteiger partial charge in [0.25, 0.3) is 5.91 Å². The van der Waals surface area contributed by atoms with Gasteiger partial charge in [-0.3, -0.25) is 9.69 Å². The van der Waals surface area contributed by atoms with Crippen LogP contribution in [0.2, 0.25) is 0 Å². The molecule has 6 nitrogen and oxygen atoms in total. The Kier molecular flexibility index (Phi) is 5.46. The summed E-state index contributed by atoms with van der Waals surface area (Å²) in [7, 11) is 0. The van der Waals surface area contributed by atoms with E-state index in [0.29, 0.717) is 30.3 Å². The van der Waals surface area contributed by atoms with Gasteiger partial charge in [0.05, 0.1) is 11.0 Å². The number of nitrogens with zero attached hydrogens (tertiary/aromatic N) is 1. The number of rotatable bonds is 5. The molecule has 1 fully saturated rings. The molecule has 2 aromatic carbocycles. The summed E-state index contributed by atoms with van der Waals surface area (Å²) < 4.78 is 11.5. The SMILES string of the molecule is Cc1ccc(OC(C)C(=O)Nc2cccc(N3CCOC3=O)c2)c(Br)c1. The first kappa shape index (κ1) is 18.3. The van der Waals surface area contributed by atoms with Crippen molar-refractivity contribution < 1.29 is 19.1 Å². The predicted octanol–water partition coefficient (Wildman–Crippen LogP) is 4.12. The molecule has 1 saturated heterocycles. The van der Waals surface area contributed by atoms with Gasteiger partial charge in [-0.25, -0.2) is 4.79 Å². The van der Waals surface area contributed by atoms with Crippen molar-refractivity contribution >= 4 is 39.3 Å². The Balaban J connectivity index is 1.66. The van der Waals surface area contributed by atoms with Crippen LogP contribution in [0.3, 0.4) is 0 Å². The van der Waals surface area contributed by atoms with Crippen molar-refractivity contribution in [3.8, 4) is 5.75 Å². The molecule has 1 heterocycles. The Labute approximate surface area is 160 Å². The van der Waals surface area contributed by atoms with Crippen LogP contribution < -0.4 is 15.0 Å². The Hall–Kier alpha value is -2.54. The lowest BCUT2D eigenvalue weighted by Crippen LogP contribution is -2.30. The molecule has 0 aromatic heterocycles. The van der Waals surface area contributed by atoms with Crippen molar-refractivity contribution in [1.29, 1.82) is 0 Å². The van der Waals surface area contributed by atoms with Crippen LogP contribution >= 0.6 is 15.9 Å². The molecule has 2 amide bonds. The number of hydrogen-bond acceptors (Lipinski definition) is 4. The molecule has 1 N–H and O–H groups in total. The minimum Gasteiger partial charge on any atom is -0.480 e. The van der Waals surface area contributed by atoms with Crippen LogP contribution in [0.5, 0.6) is 5.75 Å². The highest BCUT2D eigenvalue weighted by molar-refractivity contribution is 9.10. The number of carbonyl (C=O) groups excluding carboxylic acids is 2. The summed E-state index contributed by atoms with van der Waals surface area (Å²) in [5, 5.41) is 2.81. The number of benzene rings is 2. The maximum absolute atomic E-state index is 12.4. The maximum atomic E-state index is 12.4. The van der Waals surface area contributed by atoms with Crippen LogP contribution in [0, 0.1) is 6.92 Å². The van der Waals surface area contributed by atoms with Crippen LogP contribution in [0.1, 0.15) is 12.5 Å². The molecule has 0 aliphatic carbocycles. The lowest BCUT2D eigenvalue weighted by atomic mass is 10.2. The van der Waals surface area contributed by atoms with Gasteiger partial charge in [-0.05, 0) is 65.7 Å². The molecule has 0 saturated carbocycles. The number of anilines is 2. The minimum absolute atomic E-state index is 0.279. The summed E-state index contributed by atoms with van der Waals surface area (Å²) in [5.74, 6) is 0.324. The molecule has 136 valence electrons. The first-order valence-corrected chi connectivity index (χ1v) is 9.01. The fourth-order valence-electron chi connectivity index (χ4n) is 2.57. The number of hydrogen-bond donors (Lipinski definition) is 1. The summed E-state index contributed by atoms with van der Waals surface area (Å²) in [6, 6.07) is 12.7. The highest BCUT2D eigenvalue weighted by Crippen LogP contribution is 2.27. The van der Waals surface area contributed by atoms with Crippen LogP contribution in [0.25, 0.3) is 0 Å². The van der Waals surface area contributed by atoms with E-state index in [0.717, 1.165) is 10.0 Å². The third-order valence-electron chi connectivity index (χ3n) is 3.95. The van der Waals surface area contributed by atoms with Gasteiger partial charge in [0.1, 0.15) is 12.4 Å². The van der Waals surface area contributed by atoms with Crippen LogP contribution in [-0.4, -0.2) is 31.3 Å². The van der Waals surface area contributed by atoms with Gasteiger partial charge < -0.3 is 14.8 Å². The number of ether oxygens (including phenoxy) is 2. The Morgan fingerprint density at radius 2 is 2.12 bits per heavy atom. The monoisotopic (exact) mass is 418 g/mol. The van der Waals surface area contributed by atoms with Gasteiger partial charge in [0.2, 0.25) is 0 Å². The van der Waals surface area contributed by atoms with Gasteiger partial charge in [-0.15, -0.1) is 0 Å². The lowest BCUT2D eigenvalue weighted by Gasteiger charge is -2.17. The number of carbonyl (C=O) groups is 2. The first-order chi connectivity index (χ1) is 12.4. The van der Waals surface area contributed by atoms with Crippen molar-refractivity contribution in [2.45, 2.75) is 20.0 Å². The predicted molar refractivity (Wildman–Crippen MR) is 103 cm³/mol. The molecule has 1 atom stereocenters. The zero-order valence-electron chi connectivity index (χ0n) is 14.5. The number of aryl methyl sites for hydroxylation is 1. The van der Waals surface area contributed by atoms with E-state index in [4.69, 9.17) is 9.47 Å². The lowest BCUT2D eigenvalue weighted by molar-refractivity contribution is -0.122. The molecule has 3 rings (SSSR count). The topological polar surface area (TPSA) is 67.9 Å². The van der Waals surface area contributed by atoms with Gasteiger partial charge in [-0.2, -0.15) is 0 Å². The first-order valence-electron chi connectivity index (χ1n) is 8.22. The average molecular weight is 419 g/mol. The highest BCUT2D eigenvalue weighted by Gasteiger charge is 2.24. The fraction of sp³-hybridized carbons (Fsp3) is 0.263. The van der Waals surface area contributed by atoms with Gasteiger partial charge in [0, 0.05) is 11.4 Å². The molecule has 1 unspecified atom stereocenters. The summed E-state index contributed by atoms with van der Waals surface area (Å²) in [4.78, 5) is 25.6. The van der Waals surface area contributed by atoms with Crippen LogP contribution in [0.15, 0.2) is 46.9 Å². The van der Waals surface area contributed by atoms with E-state index in [1.54, 1.807) is 31.2 Å². The Bertz CT molecular complexity index is 840. The second-order valence-electron chi connectivity index (χ2n) is 6.00. The molecular weight excluding hydrogens is 400 g/mol. The van der Waals surface area contributed by atoms with E-state index in [1.165, 1.54) is 4.90 Å². The van der Waals surface area contributed by atoms with Gasteiger partial charge in [-0.1, -0.05) is 12.1 Å². The molecule has 1 aliphatic heterocycles. The number of cyclic esters (lactones) is 1. The normalized spacial score (nSPS) is 14.7. The summed E-state index contributed by atoms with van der Waals surface area (Å²) in [6.45, 7) is 4.53. The van der Waals surface area contributed by atoms with Crippen molar-refractivity contribution in [3.63, 3.8) is 0 Å². The van der Waals surface area contributed by atoms with E-state index in [1.807, 2.05) is 25.1 Å². The van der Waals surface area contributed by atoms with E-state index in [2.05, 4.69) is 21.2 Å². The number of nitrogens with one attached hydrogen (secondary N) is 1. The fourth-order valence-corrected chi connectivity index (χ4v) is 3.16. The molecule has 2 aromatic rings. The molecule has 0 spiro atoms. The van der Waals surface area contributed by atoms with Gasteiger partial charge in [0.15, 0.2) is 6.10 Å². The maximum Gasteiger partial charge on any atom is 0.414 e. The van der Waals surface area contributed by atoms with Crippen molar-refractivity contribution in [3.05, 3.63) is 52.5 Å². The molecule has 26 heavy (non-hydrogen) atoms. The quantitative estimate of drug-likeness (QED) is 0.792. The highest BCUT2D eigenvalue weighted by atomic mass is 79.9. The van der Waals surface area contributed by atoms with Crippen molar-refractivity contribution in [2.24, 2.45) is 0 Å². The van der Waals surface area contributed by atoms with Crippen LogP contribution in [-0.2, 0) is 9.53 Å². The molecule has 0 radical (unpaired) electrons. The van der Waals surface area contributed by atoms with E-state index < -0.39 is 6.10 Å². The summed E-state index contributed by atoms with van der Waals surface area (Å²) >= 11 is 3.44. The summed E-state index contributed by atoms with van der Waals surface area (Å²) in [6.07, 6.45) is -1.07. The third-order valence-corrected chi connectivity index (χ3v) is 4.57. The van der Waals surface area contributed by atoms with Gasteiger partial charge >= 0.3 is 6.09 Å². The zero-order chi connectivity index (χ0) is 18.7. The minimum atomic E-state index is -0.686. The molecule has 0 bridgehead atoms. The largest absolute Gasteiger partial charge is 0.480 e. The standard InChI is InChI=1S/C19H19BrN2O4/c1-12-6-7-17(16(20)10-12)26-13(2)18(23)21-14-4-3-5-15(11-14)22-8-9-25-19(22)24/h3-7,10-11,13H,8-9H2,1-2H3,(H,21,23). The molecule has 7 heteroatoms. The Morgan fingerprint density at radius 3 is 2.81 bits per heavy atom. The smallest absolute Gasteiger partial charge is 0.414 e. The second-order valence-corrected chi connectivity index (χ2v) is 6.85. The van der Waals surface area contributed by atoms with E-state index >= 15 is 0 Å². The van der Waals surface area contributed by atoms with E-state index in [9.17, 15) is 9.59 Å². The zero-order valence-corrected chi connectivity index (χ0v) is 16.1. The number of amides is 2. The van der Waals surface area contributed by atoms with Crippen LogP contribution in [0.4, 0.5) is 16.2 Å². The summed E-state index contributed by atoms with van der Waals surface area (Å²) in [5.41, 5.74) is 2.37. The van der Waals surface area contributed by atoms with E-state index in [-0.39, 0.29) is 12.0 Å². The Morgan fingerprint density at radius 1 is 1.31 bits per heavy atom. The average Bonchev–Trinajstić information content (AvgIpc) is 3.03. The number of halogens is 1.